The summed E-state index contributed by atoms with van der Waals surface area (Å²) in [4.78, 5) is 2.85. The fourth-order valence-electron chi connectivity index (χ4n) is 2.63. The molecule has 1 aromatic rings. The maximum Gasteiger partial charge on any atom is 0.180 e. The molecule has 0 unspecified atom stereocenters. The van der Waals surface area contributed by atoms with Crippen molar-refractivity contribution in [1.29, 1.82) is 0 Å². The summed E-state index contributed by atoms with van der Waals surface area (Å²) in [6.07, 6.45) is 2.13. The third-order valence-electron chi connectivity index (χ3n) is 4.00. The van der Waals surface area contributed by atoms with Gasteiger partial charge in [0.15, 0.2) is 9.84 Å². The number of para-hydroxylation sites is 1. The fourth-order valence-corrected chi connectivity index (χ4v) is 3.68. The third-order valence-corrected chi connectivity index (χ3v) is 5.78. The van der Waals surface area contributed by atoms with Crippen LogP contribution in [0.4, 0.5) is 5.69 Å². The Labute approximate surface area is 122 Å². The van der Waals surface area contributed by atoms with Crippen LogP contribution >= 0.6 is 0 Å². The molecule has 1 aromatic carbocycles. The first-order valence-corrected chi connectivity index (χ1v) is 9.02. The van der Waals surface area contributed by atoms with Crippen molar-refractivity contribution in [3.8, 4) is 0 Å². The number of nitrogens with one attached hydrogen (secondary N) is 1. The SMILES string of the molecule is CCN1CCC(Nc2ccccc2S(=O)(=O)CC)CC1. The predicted molar refractivity (Wildman–Crippen MR) is 82.9 cm³/mol. The Morgan fingerprint density at radius 2 is 1.85 bits per heavy atom. The van der Waals surface area contributed by atoms with Crippen LogP contribution in [0.25, 0.3) is 0 Å². The first-order chi connectivity index (χ1) is 9.56. The molecule has 1 N–H and O–H groups in total. The van der Waals surface area contributed by atoms with Crippen LogP contribution in [0.15, 0.2) is 29.2 Å². The molecule has 0 aliphatic carbocycles. The smallest absolute Gasteiger partial charge is 0.180 e. The summed E-state index contributed by atoms with van der Waals surface area (Å²) in [5, 5.41) is 3.43. The summed E-state index contributed by atoms with van der Waals surface area (Å²) in [7, 11) is -3.17. The number of hydrogen-bond donors (Lipinski definition) is 1. The molecule has 0 saturated carbocycles. The number of nitrogens with zero attached hydrogens (tertiary/aromatic N) is 1. The second-order valence-electron chi connectivity index (χ2n) is 5.25. The normalized spacial score (nSPS) is 18.1. The van der Waals surface area contributed by atoms with E-state index in [-0.39, 0.29) is 5.75 Å². The lowest BCUT2D eigenvalue weighted by molar-refractivity contribution is 0.229. The van der Waals surface area contributed by atoms with E-state index < -0.39 is 9.84 Å². The lowest BCUT2D eigenvalue weighted by atomic mass is 10.0. The highest BCUT2D eigenvalue weighted by Crippen LogP contribution is 2.24. The highest BCUT2D eigenvalue weighted by Gasteiger charge is 2.21. The van der Waals surface area contributed by atoms with Crippen molar-refractivity contribution in [2.75, 3.05) is 30.7 Å². The van der Waals surface area contributed by atoms with Crippen LogP contribution < -0.4 is 5.32 Å². The number of anilines is 1. The molecule has 4 nitrogen and oxygen atoms in total. The number of rotatable bonds is 5. The minimum Gasteiger partial charge on any atom is -0.381 e. The van der Waals surface area contributed by atoms with Gasteiger partial charge in [-0.15, -0.1) is 0 Å². The van der Waals surface area contributed by atoms with Crippen LogP contribution in [-0.2, 0) is 9.84 Å². The van der Waals surface area contributed by atoms with Crippen molar-refractivity contribution in [3.05, 3.63) is 24.3 Å². The standard InChI is InChI=1S/C15H24N2O2S/c1-3-17-11-9-13(10-12-17)16-14-7-5-6-8-15(14)20(18,19)4-2/h5-8,13,16H,3-4,9-12H2,1-2H3. The molecule has 0 bridgehead atoms. The van der Waals surface area contributed by atoms with E-state index in [1.165, 1.54) is 0 Å². The fraction of sp³-hybridized carbons (Fsp3) is 0.600. The maximum absolute atomic E-state index is 12.1. The Bertz CT molecular complexity index is 535. The number of likely N-dealkylation sites (tertiary alicyclic amines) is 1. The highest BCUT2D eigenvalue weighted by atomic mass is 32.2. The first-order valence-electron chi connectivity index (χ1n) is 7.37. The molecule has 1 heterocycles. The zero-order valence-electron chi connectivity index (χ0n) is 12.3. The minimum atomic E-state index is -3.17. The van der Waals surface area contributed by atoms with E-state index in [1.807, 2.05) is 12.1 Å². The average molecular weight is 296 g/mol. The molecule has 2 rings (SSSR count). The van der Waals surface area contributed by atoms with Crippen LogP contribution in [-0.4, -0.2) is 44.7 Å². The van der Waals surface area contributed by atoms with Gasteiger partial charge in [-0.1, -0.05) is 26.0 Å². The van der Waals surface area contributed by atoms with E-state index in [2.05, 4.69) is 17.1 Å². The molecule has 0 atom stereocenters. The molecule has 1 fully saturated rings. The molecule has 112 valence electrons. The summed E-state index contributed by atoms with van der Waals surface area (Å²) in [6, 6.07) is 7.61. The van der Waals surface area contributed by atoms with Crippen LogP contribution in [0.3, 0.4) is 0 Å². The topological polar surface area (TPSA) is 49.4 Å². The van der Waals surface area contributed by atoms with Crippen molar-refractivity contribution in [3.63, 3.8) is 0 Å². The Hall–Kier alpha value is -1.07. The van der Waals surface area contributed by atoms with E-state index >= 15 is 0 Å². The third kappa shape index (κ3) is 3.52. The van der Waals surface area contributed by atoms with Crippen molar-refractivity contribution >= 4 is 15.5 Å². The van der Waals surface area contributed by atoms with Crippen LogP contribution in [0.5, 0.6) is 0 Å². The second kappa shape index (κ2) is 6.59. The van der Waals surface area contributed by atoms with Gasteiger partial charge in [-0.2, -0.15) is 0 Å². The molecular weight excluding hydrogens is 272 g/mol. The monoisotopic (exact) mass is 296 g/mol. The van der Waals surface area contributed by atoms with Gasteiger partial charge in [0.05, 0.1) is 16.3 Å². The largest absolute Gasteiger partial charge is 0.381 e. The summed E-state index contributed by atoms with van der Waals surface area (Å²) in [6.45, 7) is 7.12. The molecule has 20 heavy (non-hydrogen) atoms. The quantitative estimate of drug-likeness (QED) is 0.906. The predicted octanol–water partition coefficient (Wildman–Crippen LogP) is 2.38. The Balaban J connectivity index is 2.11. The van der Waals surface area contributed by atoms with Gasteiger partial charge in [0.1, 0.15) is 0 Å². The molecule has 0 spiro atoms. The van der Waals surface area contributed by atoms with Crippen LogP contribution in [0.2, 0.25) is 0 Å². The second-order valence-corrected chi connectivity index (χ2v) is 7.50. The highest BCUT2D eigenvalue weighted by molar-refractivity contribution is 7.91. The van der Waals surface area contributed by atoms with Gasteiger partial charge in [0.2, 0.25) is 0 Å². The van der Waals surface area contributed by atoms with E-state index in [0.29, 0.717) is 10.9 Å². The van der Waals surface area contributed by atoms with Crippen molar-refractivity contribution in [2.24, 2.45) is 0 Å². The lowest BCUT2D eigenvalue weighted by Gasteiger charge is -2.32. The summed E-state index contributed by atoms with van der Waals surface area (Å²) < 4.78 is 24.2. The van der Waals surface area contributed by atoms with Gasteiger partial charge < -0.3 is 10.2 Å². The molecule has 1 aliphatic rings. The average Bonchev–Trinajstić information content (AvgIpc) is 2.48. The van der Waals surface area contributed by atoms with Crippen molar-refractivity contribution in [1.82, 2.24) is 4.90 Å². The van der Waals surface area contributed by atoms with Gasteiger partial charge in [-0.3, -0.25) is 0 Å². The van der Waals surface area contributed by atoms with Crippen molar-refractivity contribution < 1.29 is 8.42 Å². The lowest BCUT2D eigenvalue weighted by Crippen LogP contribution is -2.39. The van der Waals surface area contributed by atoms with E-state index in [4.69, 9.17) is 0 Å². The number of sulfone groups is 1. The molecule has 0 amide bonds. The number of piperidine rings is 1. The number of hydrogen-bond acceptors (Lipinski definition) is 4. The van der Waals surface area contributed by atoms with Crippen molar-refractivity contribution in [2.45, 2.75) is 37.6 Å². The molecule has 0 aromatic heterocycles. The minimum absolute atomic E-state index is 0.139. The maximum atomic E-state index is 12.1. The summed E-state index contributed by atoms with van der Waals surface area (Å²) in [5.41, 5.74) is 0.754. The summed E-state index contributed by atoms with van der Waals surface area (Å²) >= 11 is 0. The molecule has 1 aliphatic heterocycles. The Kier molecular flexibility index (Phi) is 5.05. The molecular formula is C15H24N2O2S. The van der Waals surface area contributed by atoms with Gasteiger partial charge in [-0.05, 0) is 31.5 Å². The van der Waals surface area contributed by atoms with E-state index in [9.17, 15) is 8.42 Å². The molecule has 5 heteroatoms. The van der Waals surface area contributed by atoms with Crippen LogP contribution in [0.1, 0.15) is 26.7 Å². The zero-order valence-corrected chi connectivity index (χ0v) is 13.1. The number of benzene rings is 1. The van der Waals surface area contributed by atoms with Crippen LogP contribution in [0, 0.1) is 0 Å². The van der Waals surface area contributed by atoms with E-state index in [0.717, 1.165) is 38.2 Å². The van der Waals surface area contributed by atoms with Gasteiger partial charge in [0.25, 0.3) is 0 Å². The molecule has 0 radical (unpaired) electrons. The van der Waals surface area contributed by atoms with Gasteiger partial charge in [0, 0.05) is 19.1 Å². The first kappa shape index (κ1) is 15.3. The Morgan fingerprint density at radius 3 is 2.45 bits per heavy atom. The van der Waals surface area contributed by atoms with E-state index in [1.54, 1.807) is 19.1 Å². The summed E-state index contributed by atoms with van der Waals surface area (Å²) in [5.74, 6) is 0.139. The zero-order chi connectivity index (χ0) is 14.6. The van der Waals surface area contributed by atoms with Gasteiger partial charge >= 0.3 is 0 Å². The Morgan fingerprint density at radius 1 is 1.20 bits per heavy atom. The molecule has 1 saturated heterocycles. The van der Waals surface area contributed by atoms with Gasteiger partial charge in [-0.25, -0.2) is 8.42 Å².